The number of imide groups is 1. The Morgan fingerprint density at radius 3 is 2.33 bits per heavy atom. The maximum Gasteiger partial charge on any atom is 0.293 e. The van der Waals surface area contributed by atoms with Crippen molar-refractivity contribution in [2.24, 2.45) is 0 Å². The van der Waals surface area contributed by atoms with Crippen molar-refractivity contribution >= 4 is 23.2 Å². The molecule has 6 nitrogen and oxygen atoms in total. The minimum Gasteiger partial charge on any atom is -0.502 e. The van der Waals surface area contributed by atoms with Crippen molar-refractivity contribution in [3.8, 4) is 5.75 Å². The summed E-state index contributed by atoms with van der Waals surface area (Å²) in [5.41, 5.74) is 1.57. The first kappa shape index (κ1) is 14.2. The van der Waals surface area contributed by atoms with Crippen LogP contribution in [0.1, 0.15) is 27.0 Å². The predicted molar refractivity (Wildman–Crippen MR) is 83.3 cm³/mol. The van der Waals surface area contributed by atoms with Crippen molar-refractivity contribution < 1.29 is 24.2 Å². The van der Waals surface area contributed by atoms with Crippen LogP contribution in [0.3, 0.4) is 0 Å². The molecule has 2 aromatic carbocycles. The number of para-hydroxylation sites is 1. The Balaban J connectivity index is 1.93. The monoisotopic (exact) mass is 321 g/mol. The average Bonchev–Trinajstić information content (AvgIpc) is 2.75. The summed E-state index contributed by atoms with van der Waals surface area (Å²) >= 11 is 0. The Labute approximate surface area is 136 Å². The van der Waals surface area contributed by atoms with Gasteiger partial charge >= 0.3 is 0 Å². The number of fused-ring (bicyclic) bond motifs is 2. The van der Waals surface area contributed by atoms with Gasteiger partial charge in [0, 0.05) is 16.7 Å². The van der Waals surface area contributed by atoms with E-state index in [1.54, 1.807) is 30.3 Å². The van der Waals surface area contributed by atoms with Crippen LogP contribution in [0.2, 0.25) is 0 Å². The standard InChI is InChI=1S/C18H11NO5/c20-14-10-5-2-1-4-9(10)8-24-16-11(6-3-7-12(14)16)13-15(21)18(23)19-17(13)22/h1-7H,8H2,(H2,19,21,22,23). The summed E-state index contributed by atoms with van der Waals surface area (Å²) < 4.78 is 5.76. The molecule has 0 unspecified atom stereocenters. The first-order valence-corrected chi connectivity index (χ1v) is 7.25. The summed E-state index contributed by atoms with van der Waals surface area (Å²) in [6, 6.07) is 11.8. The normalized spacial score (nSPS) is 16.2. The molecule has 0 atom stereocenters. The van der Waals surface area contributed by atoms with Gasteiger partial charge in [0.15, 0.2) is 11.5 Å². The number of ketones is 1. The fourth-order valence-electron chi connectivity index (χ4n) is 2.93. The zero-order valence-corrected chi connectivity index (χ0v) is 12.3. The van der Waals surface area contributed by atoms with Gasteiger partial charge in [-0.05, 0) is 6.07 Å². The van der Waals surface area contributed by atoms with Gasteiger partial charge in [0.25, 0.3) is 11.8 Å². The smallest absolute Gasteiger partial charge is 0.293 e. The van der Waals surface area contributed by atoms with E-state index in [9.17, 15) is 19.5 Å². The van der Waals surface area contributed by atoms with Crippen LogP contribution in [0.25, 0.3) is 5.57 Å². The van der Waals surface area contributed by atoms with Crippen LogP contribution in [0, 0.1) is 0 Å². The molecule has 4 rings (SSSR count). The maximum atomic E-state index is 12.8. The van der Waals surface area contributed by atoms with E-state index in [1.807, 2.05) is 11.4 Å². The Morgan fingerprint density at radius 2 is 1.58 bits per heavy atom. The molecule has 118 valence electrons. The lowest BCUT2D eigenvalue weighted by atomic mass is 9.95. The van der Waals surface area contributed by atoms with Crippen LogP contribution in [0.15, 0.2) is 48.2 Å². The number of nitrogens with one attached hydrogen (secondary N) is 1. The van der Waals surface area contributed by atoms with Crippen molar-refractivity contribution in [1.29, 1.82) is 0 Å². The highest BCUT2D eigenvalue weighted by Crippen LogP contribution is 2.37. The maximum absolute atomic E-state index is 12.8. The third-order valence-electron chi connectivity index (χ3n) is 4.07. The molecular weight excluding hydrogens is 310 g/mol. The average molecular weight is 321 g/mol. The number of benzene rings is 2. The van der Waals surface area contributed by atoms with Gasteiger partial charge in [-0.15, -0.1) is 0 Å². The van der Waals surface area contributed by atoms with Gasteiger partial charge in [0.2, 0.25) is 0 Å². The molecule has 0 fully saturated rings. The van der Waals surface area contributed by atoms with Crippen molar-refractivity contribution in [2.45, 2.75) is 6.61 Å². The van der Waals surface area contributed by atoms with E-state index in [-0.39, 0.29) is 34.8 Å². The molecule has 2 heterocycles. The highest BCUT2D eigenvalue weighted by atomic mass is 16.5. The lowest BCUT2D eigenvalue weighted by molar-refractivity contribution is -0.124. The highest BCUT2D eigenvalue weighted by molar-refractivity contribution is 6.35. The molecule has 0 aromatic heterocycles. The fourth-order valence-corrected chi connectivity index (χ4v) is 2.93. The number of aliphatic hydroxyl groups excluding tert-OH is 1. The molecule has 0 aliphatic carbocycles. The van der Waals surface area contributed by atoms with Gasteiger partial charge in [-0.25, -0.2) is 0 Å². The van der Waals surface area contributed by atoms with E-state index in [1.165, 1.54) is 6.07 Å². The lowest BCUT2D eigenvalue weighted by Crippen LogP contribution is -2.23. The number of aliphatic hydroxyl groups is 1. The molecule has 0 saturated carbocycles. The summed E-state index contributed by atoms with van der Waals surface area (Å²) in [6.07, 6.45) is 0. The van der Waals surface area contributed by atoms with Crippen LogP contribution in [0.5, 0.6) is 5.75 Å². The van der Waals surface area contributed by atoms with Crippen LogP contribution in [-0.4, -0.2) is 22.7 Å². The van der Waals surface area contributed by atoms with Gasteiger partial charge < -0.3 is 9.84 Å². The second-order valence-electron chi connectivity index (χ2n) is 5.46. The summed E-state index contributed by atoms with van der Waals surface area (Å²) in [5, 5.41) is 11.9. The second kappa shape index (κ2) is 5.06. The van der Waals surface area contributed by atoms with E-state index < -0.39 is 17.6 Å². The van der Waals surface area contributed by atoms with E-state index in [0.29, 0.717) is 5.56 Å². The number of ether oxygens (including phenoxy) is 1. The van der Waals surface area contributed by atoms with E-state index in [0.717, 1.165) is 5.56 Å². The minimum absolute atomic E-state index is 0.148. The first-order valence-electron chi connectivity index (χ1n) is 7.25. The summed E-state index contributed by atoms with van der Waals surface area (Å²) in [6.45, 7) is 0.148. The quantitative estimate of drug-likeness (QED) is 0.780. The Kier molecular flexibility index (Phi) is 2.99. The predicted octanol–water partition coefficient (Wildman–Crippen LogP) is 1.74. The zero-order valence-electron chi connectivity index (χ0n) is 12.3. The Bertz CT molecular complexity index is 958. The van der Waals surface area contributed by atoms with Gasteiger partial charge in [-0.1, -0.05) is 36.4 Å². The summed E-state index contributed by atoms with van der Waals surface area (Å²) in [4.78, 5) is 36.3. The SMILES string of the molecule is O=C1NC(=O)C(c2cccc3c2OCc2ccccc2C3=O)=C1O. The van der Waals surface area contributed by atoms with Crippen LogP contribution in [0.4, 0.5) is 0 Å². The van der Waals surface area contributed by atoms with Gasteiger partial charge in [0.05, 0.1) is 11.1 Å². The molecule has 2 aromatic rings. The number of hydrogen-bond acceptors (Lipinski definition) is 5. The molecule has 2 N–H and O–H groups in total. The number of carbonyl (C=O) groups is 3. The number of rotatable bonds is 1. The molecule has 24 heavy (non-hydrogen) atoms. The van der Waals surface area contributed by atoms with E-state index >= 15 is 0 Å². The molecule has 0 saturated heterocycles. The van der Waals surface area contributed by atoms with Gasteiger partial charge in [0.1, 0.15) is 12.4 Å². The van der Waals surface area contributed by atoms with Crippen molar-refractivity contribution in [3.63, 3.8) is 0 Å². The summed E-state index contributed by atoms with van der Waals surface area (Å²) in [7, 11) is 0. The molecule has 2 amide bonds. The van der Waals surface area contributed by atoms with Crippen LogP contribution < -0.4 is 10.1 Å². The molecule has 2 aliphatic rings. The van der Waals surface area contributed by atoms with Crippen molar-refractivity contribution in [1.82, 2.24) is 5.32 Å². The molecule has 0 bridgehead atoms. The molecule has 2 aliphatic heterocycles. The molecule has 6 heteroatoms. The van der Waals surface area contributed by atoms with Crippen molar-refractivity contribution in [2.75, 3.05) is 0 Å². The lowest BCUT2D eigenvalue weighted by Gasteiger charge is -2.12. The van der Waals surface area contributed by atoms with Gasteiger partial charge in [-0.2, -0.15) is 0 Å². The van der Waals surface area contributed by atoms with E-state index in [2.05, 4.69) is 0 Å². The number of hydrogen-bond donors (Lipinski definition) is 2. The van der Waals surface area contributed by atoms with Crippen LogP contribution >= 0.6 is 0 Å². The first-order chi connectivity index (χ1) is 11.6. The zero-order chi connectivity index (χ0) is 16.8. The van der Waals surface area contributed by atoms with Crippen molar-refractivity contribution in [3.05, 3.63) is 70.5 Å². The molecule has 0 radical (unpaired) electrons. The van der Waals surface area contributed by atoms with Crippen LogP contribution in [-0.2, 0) is 16.2 Å². The second-order valence-corrected chi connectivity index (χ2v) is 5.46. The minimum atomic E-state index is -0.865. The van der Waals surface area contributed by atoms with E-state index in [4.69, 9.17) is 4.74 Å². The molecule has 0 spiro atoms. The molecular formula is C18H11NO5. The number of carbonyl (C=O) groups excluding carboxylic acids is 3. The fraction of sp³-hybridized carbons (Fsp3) is 0.0556. The number of amides is 2. The third-order valence-corrected chi connectivity index (χ3v) is 4.07. The third kappa shape index (κ3) is 1.93. The highest BCUT2D eigenvalue weighted by Gasteiger charge is 2.35. The summed E-state index contributed by atoms with van der Waals surface area (Å²) in [5.74, 6) is -2.30. The topological polar surface area (TPSA) is 92.7 Å². The Morgan fingerprint density at radius 1 is 0.875 bits per heavy atom. The largest absolute Gasteiger partial charge is 0.502 e. The van der Waals surface area contributed by atoms with Gasteiger partial charge in [-0.3, -0.25) is 19.7 Å². The Hall–Kier alpha value is -3.41.